The fraction of sp³-hybridized carbons (Fsp3) is 0.357. The highest BCUT2D eigenvalue weighted by Gasteiger charge is 2.16. The van der Waals surface area contributed by atoms with Crippen molar-refractivity contribution in [1.29, 1.82) is 0 Å². The van der Waals surface area contributed by atoms with Crippen LogP contribution in [0.4, 0.5) is 5.82 Å². The first kappa shape index (κ1) is 13.7. The molecule has 5 heteroatoms. The number of fused-ring (bicyclic) bond motifs is 1. The Morgan fingerprint density at radius 1 is 1.16 bits per heavy atom. The van der Waals surface area contributed by atoms with Gasteiger partial charge in [0.25, 0.3) is 0 Å². The van der Waals surface area contributed by atoms with Crippen LogP contribution >= 0.6 is 11.6 Å². The zero-order valence-corrected chi connectivity index (χ0v) is 12.2. The Bertz CT molecular complexity index is 627. The fourth-order valence-corrected chi connectivity index (χ4v) is 2.32. The molecule has 0 aliphatic heterocycles. The van der Waals surface area contributed by atoms with Crippen LogP contribution in [0, 0.1) is 0 Å². The average molecular weight is 281 g/mol. The molecule has 102 valence electrons. The lowest BCUT2D eigenvalue weighted by Gasteiger charge is -2.14. The number of nitrogens with two attached hydrogens (primary N) is 1. The normalized spacial score (nSPS) is 11.1. The molecule has 0 aliphatic carbocycles. The van der Waals surface area contributed by atoms with E-state index in [9.17, 15) is 0 Å². The first-order chi connectivity index (χ1) is 8.99. The van der Waals surface area contributed by atoms with Crippen molar-refractivity contribution in [3.8, 4) is 11.5 Å². The molecule has 1 aromatic heterocycles. The quantitative estimate of drug-likeness (QED) is 0.933. The minimum atomic E-state index is 0.269. The summed E-state index contributed by atoms with van der Waals surface area (Å²) in [4.78, 5) is 4.42. The van der Waals surface area contributed by atoms with E-state index < -0.39 is 0 Å². The maximum Gasteiger partial charge on any atom is 0.148 e. The minimum Gasteiger partial charge on any atom is -0.495 e. The van der Waals surface area contributed by atoms with E-state index in [0.717, 1.165) is 10.9 Å². The molecular formula is C14H17ClN2O2. The molecule has 2 N–H and O–H groups in total. The second kappa shape index (κ2) is 5.13. The number of anilines is 1. The summed E-state index contributed by atoms with van der Waals surface area (Å²) in [5.41, 5.74) is 7.60. The standard InChI is InChI=1S/C14H17ClN2O2/c1-7(2)8-5-9-12(15)10(18-3)6-11(19-4)13(9)17-14(8)16/h5-7H,1-4H3,(H2,16,17). The molecule has 1 aromatic carbocycles. The number of pyridine rings is 1. The molecule has 0 aliphatic rings. The largest absolute Gasteiger partial charge is 0.495 e. The zero-order valence-electron chi connectivity index (χ0n) is 11.5. The monoisotopic (exact) mass is 280 g/mol. The summed E-state index contributed by atoms with van der Waals surface area (Å²) in [7, 11) is 3.15. The van der Waals surface area contributed by atoms with Gasteiger partial charge < -0.3 is 15.2 Å². The first-order valence-electron chi connectivity index (χ1n) is 6.00. The molecule has 19 heavy (non-hydrogen) atoms. The number of nitrogen functional groups attached to an aromatic ring is 1. The van der Waals surface area contributed by atoms with E-state index in [1.165, 1.54) is 0 Å². The third-order valence-electron chi connectivity index (χ3n) is 3.09. The SMILES string of the molecule is COc1cc(OC)c2nc(N)c(C(C)C)cc2c1Cl. The summed E-state index contributed by atoms with van der Waals surface area (Å²) in [6.07, 6.45) is 0. The van der Waals surface area contributed by atoms with Gasteiger partial charge in [-0.25, -0.2) is 4.98 Å². The van der Waals surface area contributed by atoms with Gasteiger partial charge in [0.15, 0.2) is 0 Å². The minimum absolute atomic E-state index is 0.269. The molecule has 0 unspecified atom stereocenters. The number of nitrogens with zero attached hydrogens (tertiary/aromatic N) is 1. The molecule has 0 saturated heterocycles. The van der Waals surface area contributed by atoms with Crippen molar-refractivity contribution in [1.82, 2.24) is 4.98 Å². The summed E-state index contributed by atoms with van der Waals surface area (Å²) >= 11 is 6.34. The Morgan fingerprint density at radius 3 is 2.32 bits per heavy atom. The van der Waals surface area contributed by atoms with Gasteiger partial charge in [0.1, 0.15) is 22.8 Å². The van der Waals surface area contributed by atoms with Crippen molar-refractivity contribution in [2.24, 2.45) is 0 Å². The molecule has 0 fully saturated rings. The lowest BCUT2D eigenvalue weighted by molar-refractivity contribution is 0.397. The molecule has 0 atom stereocenters. The van der Waals surface area contributed by atoms with E-state index in [1.807, 2.05) is 6.07 Å². The second-order valence-electron chi connectivity index (χ2n) is 4.61. The Labute approximate surface area is 117 Å². The van der Waals surface area contributed by atoms with E-state index in [4.69, 9.17) is 26.8 Å². The van der Waals surface area contributed by atoms with Crippen LogP contribution < -0.4 is 15.2 Å². The number of benzene rings is 1. The summed E-state index contributed by atoms with van der Waals surface area (Å²) in [5.74, 6) is 1.93. The summed E-state index contributed by atoms with van der Waals surface area (Å²) in [5, 5.41) is 1.31. The summed E-state index contributed by atoms with van der Waals surface area (Å²) in [6.45, 7) is 4.12. The van der Waals surface area contributed by atoms with Crippen molar-refractivity contribution in [2.75, 3.05) is 20.0 Å². The predicted molar refractivity (Wildman–Crippen MR) is 78.4 cm³/mol. The van der Waals surface area contributed by atoms with Gasteiger partial charge in [-0.05, 0) is 17.5 Å². The van der Waals surface area contributed by atoms with Crippen LogP contribution in [0.5, 0.6) is 11.5 Å². The van der Waals surface area contributed by atoms with Gasteiger partial charge >= 0.3 is 0 Å². The van der Waals surface area contributed by atoms with E-state index in [1.54, 1.807) is 20.3 Å². The Balaban J connectivity index is 2.86. The van der Waals surface area contributed by atoms with Crippen molar-refractivity contribution in [3.63, 3.8) is 0 Å². The van der Waals surface area contributed by atoms with Gasteiger partial charge in [-0.2, -0.15) is 0 Å². The summed E-state index contributed by atoms with van der Waals surface area (Å²) < 4.78 is 10.6. The number of hydrogen-bond acceptors (Lipinski definition) is 4. The van der Waals surface area contributed by atoms with E-state index >= 15 is 0 Å². The van der Waals surface area contributed by atoms with E-state index in [2.05, 4.69) is 18.8 Å². The van der Waals surface area contributed by atoms with Crippen molar-refractivity contribution < 1.29 is 9.47 Å². The lowest BCUT2D eigenvalue weighted by Crippen LogP contribution is -2.02. The molecule has 0 spiro atoms. The Morgan fingerprint density at radius 2 is 1.79 bits per heavy atom. The second-order valence-corrected chi connectivity index (χ2v) is 4.99. The van der Waals surface area contributed by atoms with Crippen molar-refractivity contribution >= 4 is 28.3 Å². The third-order valence-corrected chi connectivity index (χ3v) is 3.48. The Kier molecular flexibility index (Phi) is 3.71. The fourth-order valence-electron chi connectivity index (χ4n) is 2.05. The first-order valence-corrected chi connectivity index (χ1v) is 6.38. The molecule has 2 aromatic rings. The number of ether oxygens (including phenoxy) is 2. The topological polar surface area (TPSA) is 57.4 Å². The predicted octanol–water partition coefficient (Wildman–Crippen LogP) is 3.61. The van der Waals surface area contributed by atoms with Crippen LogP contribution in [-0.4, -0.2) is 19.2 Å². The maximum atomic E-state index is 6.34. The highest BCUT2D eigenvalue weighted by atomic mass is 35.5. The average Bonchev–Trinajstić information content (AvgIpc) is 2.38. The molecule has 0 saturated carbocycles. The van der Waals surface area contributed by atoms with Crippen LogP contribution in [0.3, 0.4) is 0 Å². The van der Waals surface area contributed by atoms with E-state index in [-0.39, 0.29) is 5.92 Å². The number of hydrogen-bond donors (Lipinski definition) is 1. The van der Waals surface area contributed by atoms with Gasteiger partial charge in [0.2, 0.25) is 0 Å². The molecule has 1 heterocycles. The van der Waals surface area contributed by atoms with Crippen LogP contribution in [0.2, 0.25) is 5.02 Å². The zero-order chi connectivity index (χ0) is 14.2. The number of aromatic nitrogens is 1. The number of rotatable bonds is 3. The van der Waals surface area contributed by atoms with Gasteiger partial charge in [0, 0.05) is 11.5 Å². The van der Waals surface area contributed by atoms with Crippen LogP contribution in [-0.2, 0) is 0 Å². The van der Waals surface area contributed by atoms with Crippen LogP contribution in [0.15, 0.2) is 12.1 Å². The molecular weight excluding hydrogens is 264 g/mol. The van der Waals surface area contributed by atoms with Gasteiger partial charge in [-0.1, -0.05) is 25.4 Å². The highest BCUT2D eigenvalue weighted by molar-refractivity contribution is 6.37. The molecule has 0 amide bonds. The van der Waals surface area contributed by atoms with Crippen molar-refractivity contribution in [3.05, 3.63) is 22.7 Å². The highest BCUT2D eigenvalue weighted by Crippen LogP contribution is 2.40. The smallest absolute Gasteiger partial charge is 0.148 e. The third kappa shape index (κ3) is 2.28. The van der Waals surface area contributed by atoms with E-state index in [0.29, 0.717) is 27.9 Å². The van der Waals surface area contributed by atoms with Gasteiger partial charge in [-0.3, -0.25) is 0 Å². The molecule has 0 bridgehead atoms. The van der Waals surface area contributed by atoms with Gasteiger partial charge in [0.05, 0.1) is 19.2 Å². The van der Waals surface area contributed by atoms with Gasteiger partial charge in [-0.15, -0.1) is 0 Å². The maximum absolute atomic E-state index is 6.34. The number of methoxy groups -OCH3 is 2. The Hall–Kier alpha value is -1.68. The van der Waals surface area contributed by atoms with Crippen molar-refractivity contribution in [2.45, 2.75) is 19.8 Å². The summed E-state index contributed by atoms with van der Waals surface area (Å²) in [6, 6.07) is 3.67. The molecule has 0 radical (unpaired) electrons. The molecule has 2 rings (SSSR count). The lowest BCUT2D eigenvalue weighted by atomic mass is 10.0. The van der Waals surface area contributed by atoms with Crippen LogP contribution in [0.25, 0.3) is 10.9 Å². The molecule has 4 nitrogen and oxygen atoms in total. The number of halogens is 1. The van der Waals surface area contributed by atoms with Crippen LogP contribution in [0.1, 0.15) is 25.3 Å².